The minimum Gasteiger partial charge on any atom is -0.515 e. The molecule has 0 spiro atoms. The van der Waals surface area contributed by atoms with E-state index in [9.17, 15) is 19.8 Å². The van der Waals surface area contributed by atoms with Crippen molar-refractivity contribution in [3.05, 3.63) is 92.0 Å². The number of rotatable bonds is 5. The van der Waals surface area contributed by atoms with E-state index in [1.54, 1.807) is 6.08 Å². The molecular weight excluding hydrogens is 532 g/mol. The van der Waals surface area contributed by atoms with Crippen LogP contribution in [0.1, 0.15) is 53.4 Å². The fourth-order valence-electron chi connectivity index (χ4n) is 6.68. The number of esters is 1. The largest absolute Gasteiger partial charge is 0.515 e. The lowest BCUT2D eigenvalue weighted by Crippen LogP contribution is -2.15. The van der Waals surface area contributed by atoms with Crippen LogP contribution in [0.3, 0.4) is 0 Å². The highest BCUT2D eigenvalue weighted by atomic mass is 16.5. The third kappa shape index (κ3) is 4.22. The fourth-order valence-corrected chi connectivity index (χ4v) is 6.68. The minimum atomic E-state index is -0.279. The van der Waals surface area contributed by atoms with E-state index in [1.165, 1.54) is 7.11 Å². The fraction of sp³-hybridized carbons (Fsp3) is 0.364. The van der Waals surface area contributed by atoms with Crippen LogP contribution in [0.4, 0.5) is 0 Å². The zero-order chi connectivity index (χ0) is 29.9. The van der Waals surface area contributed by atoms with Crippen LogP contribution in [-0.4, -0.2) is 52.8 Å². The number of carbonyl (C=O) groups is 2. The Morgan fingerprint density at radius 3 is 2.57 bits per heavy atom. The summed E-state index contributed by atoms with van der Waals surface area (Å²) in [5.41, 5.74) is 10.9. The quantitative estimate of drug-likeness (QED) is 0.324. The number of allylic oxidation sites excluding steroid dienone is 11. The number of aliphatic hydroxyl groups excluding tert-OH is 2. The molecule has 5 heterocycles. The molecule has 0 amide bonds. The van der Waals surface area contributed by atoms with Crippen molar-refractivity contribution in [2.24, 2.45) is 26.8 Å². The number of fused-ring (bicyclic) bond motifs is 5. The van der Waals surface area contributed by atoms with E-state index in [2.05, 4.69) is 12.2 Å². The zero-order valence-corrected chi connectivity index (χ0v) is 24.5. The van der Waals surface area contributed by atoms with Gasteiger partial charge in [0.1, 0.15) is 0 Å². The second-order valence-electron chi connectivity index (χ2n) is 11.3. The van der Waals surface area contributed by atoms with Gasteiger partial charge in [-0.05, 0) is 61.6 Å². The third-order valence-corrected chi connectivity index (χ3v) is 9.10. The van der Waals surface area contributed by atoms with Gasteiger partial charge in [-0.3, -0.25) is 9.59 Å². The van der Waals surface area contributed by atoms with Gasteiger partial charge in [-0.1, -0.05) is 13.8 Å². The Labute approximate surface area is 244 Å². The molecule has 0 radical (unpaired) electrons. The molecule has 42 heavy (non-hydrogen) atoms. The zero-order valence-electron chi connectivity index (χ0n) is 24.5. The molecule has 1 saturated carbocycles. The van der Waals surface area contributed by atoms with Gasteiger partial charge < -0.3 is 20.3 Å². The van der Waals surface area contributed by atoms with Crippen molar-refractivity contribution in [2.45, 2.75) is 53.4 Å². The van der Waals surface area contributed by atoms with Crippen molar-refractivity contribution in [1.29, 1.82) is 0 Å². The Balaban J connectivity index is 1.61. The predicted molar refractivity (Wildman–Crippen MR) is 161 cm³/mol. The van der Waals surface area contributed by atoms with Crippen LogP contribution in [-0.2, 0) is 14.3 Å². The molecular formula is C33H34N4O5. The van der Waals surface area contributed by atoms with Gasteiger partial charge in [0.2, 0.25) is 0 Å². The van der Waals surface area contributed by atoms with Gasteiger partial charge in [-0.25, -0.2) is 15.0 Å². The molecule has 216 valence electrons. The number of methoxy groups -OCH3 is 1. The lowest BCUT2D eigenvalue weighted by atomic mass is 9.86. The minimum absolute atomic E-state index is 0.00299. The Bertz CT molecular complexity index is 1700. The van der Waals surface area contributed by atoms with Crippen LogP contribution in [0, 0.1) is 11.8 Å². The smallest absolute Gasteiger partial charge is 0.305 e. The first kappa shape index (κ1) is 27.8. The van der Waals surface area contributed by atoms with Crippen molar-refractivity contribution < 1.29 is 24.5 Å². The maximum atomic E-state index is 13.4. The van der Waals surface area contributed by atoms with Gasteiger partial charge in [0.25, 0.3) is 0 Å². The van der Waals surface area contributed by atoms with E-state index in [0.717, 1.165) is 39.9 Å². The molecule has 9 nitrogen and oxygen atoms in total. The predicted octanol–water partition coefficient (Wildman–Crippen LogP) is 4.78. The molecule has 1 aliphatic carbocycles. The Morgan fingerprint density at radius 1 is 1.10 bits per heavy atom. The lowest BCUT2D eigenvalue weighted by Gasteiger charge is -2.17. The number of hydrogen-bond acceptors (Lipinski definition) is 9. The monoisotopic (exact) mass is 566 g/mol. The summed E-state index contributed by atoms with van der Waals surface area (Å²) >= 11 is 0. The number of nitrogens with one attached hydrogen (secondary N) is 1. The molecule has 2 atom stereocenters. The van der Waals surface area contributed by atoms with E-state index in [-0.39, 0.29) is 43.0 Å². The molecule has 8 bridgehead atoms. The maximum absolute atomic E-state index is 13.4. The van der Waals surface area contributed by atoms with Gasteiger partial charge in [0.15, 0.2) is 5.78 Å². The summed E-state index contributed by atoms with van der Waals surface area (Å²) in [5.74, 6) is -0.321. The number of ketones is 1. The Kier molecular flexibility index (Phi) is 6.93. The van der Waals surface area contributed by atoms with Crippen LogP contribution >= 0.6 is 0 Å². The third-order valence-electron chi connectivity index (χ3n) is 9.10. The molecule has 0 aromatic carbocycles. The van der Waals surface area contributed by atoms with Crippen molar-refractivity contribution in [1.82, 2.24) is 5.32 Å². The molecule has 0 aromatic heterocycles. The van der Waals surface area contributed by atoms with E-state index < -0.39 is 0 Å². The average molecular weight is 567 g/mol. The topological polar surface area (TPSA) is 133 Å². The van der Waals surface area contributed by atoms with Crippen molar-refractivity contribution >= 4 is 28.9 Å². The van der Waals surface area contributed by atoms with Crippen LogP contribution in [0.2, 0.25) is 0 Å². The Morgan fingerprint density at radius 2 is 1.88 bits per heavy atom. The van der Waals surface area contributed by atoms with Crippen LogP contribution in [0.5, 0.6) is 0 Å². The van der Waals surface area contributed by atoms with E-state index >= 15 is 0 Å². The van der Waals surface area contributed by atoms with Crippen molar-refractivity contribution in [3.8, 4) is 0 Å². The number of nitrogens with zero attached hydrogens (tertiary/aromatic N) is 3. The normalized spacial score (nSPS) is 25.7. The summed E-state index contributed by atoms with van der Waals surface area (Å²) in [7, 11) is 1.39. The molecule has 0 unspecified atom stereocenters. The van der Waals surface area contributed by atoms with Crippen LogP contribution in [0.15, 0.2) is 107 Å². The molecule has 6 rings (SSSR count). The standard InChI is InChI=1S/C33H34N4O5/c1-6-18-22(14-39)28-12-27-21(13-38)16(3)23(34-27)10-24-15(2)19(7-8-30(41)42-5)32(36-24)20-9-29(40)31-17(4)25(37-33(20)31)11-26(18)35-28/h10-12,14-15,19,36,38-39H,6-9,13H2,1-5H3/b22-14+,24-10?,25-11?,27-12?,32-20?/t15-,19-/m0/s1. The average Bonchev–Trinajstić information content (AvgIpc) is 3.73. The van der Waals surface area contributed by atoms with Crippen LogP contribution in [0.25, 0.3) is 0 Å². The van der Waals surface area contributed by atoms with Crippen LogP contribution < -0.4 is 5.32 Å². The van der Waals surface area contributed by atoms with Gasteiger partial charge >= 0.3 is 5.97 Å². The van der Waals surface area contributed by atoms with E-state index in [0.29, 0.717) is 63.8 Å². The van der Waals surface area contributed by atoms with Gasteiger partial charge in [0.05, 0.1) is 54.2 Å². The Hall–Kier alpha value is -4.37. The second-order valence-corrected chi connectivity index (χ2v) is 11.3. The van der Waals surface area contributed by atoms with E-state index in [4.69, 9.17) is 19.7 Å². The number of aliphatic hydroxyl groups is 2. The molecule has 5 aliphatic heterocycles. The van der Waals surface area contributed by atoms with Gasteiger partial charge in [-0.15, -0.1) is 0 Å². The second kappa shape index (κ2) is 10.5. The highest BCUT2D eigenvalue weighted by molar-refractivity contribution is 6.38. The highest BCUT2D eigenvalue weighted by Gasteiger charge is 2.43. The maximum Gasteiger partial charge on any atom is 0.305 e. The number of carbonyl (C=O) groups excluding carboxylic acids is 2. The first-order valence-corrected chi connectivity index (χ1v) is 14.3. The summed E-state index contributed by atoms with van der Waals surface area (Å²) in [5, 5.41) is 24.1. The number of ether oxygens (including phenoxy) is 1. The van der Waals surface area contributed by atoms with Crippen molar-refractivity contribution in [3.63, 3.8) is 0 Å². The molecule has 0 aromatic rings. The van der Waals surface area contributed by atoms with Gasteiger partial charge in [0, 0.05) is 58.4 Å². The first-order chi connectivity index (χ1) is 20.2. The highest BCUT2D eigenvalue weighted by Crippen LogP contribution is 2.45. The molecule has 6 aliphatic rings. The SMILES string of the molecule is CCC1=C2C=C3N=C4C(=C5NC(=CC6=NC(=CC(=N2)/C1=C/O)C(CO)=C6C)[C@@H](C)[C@@H]5CCC(=O)OC)CC(=O)C4=C3C. The summed E-state index contributed by atoms with van der Waals surface area (Å²) in [4.78, 5) is 40.3. The lowest BCUT2D eigenvalue weighted by molar-refractivity contribution is -0.140. The van der Waals surface area contributed by atoms with E-state index in [1.807, 2.05) is 32.9 Å². The number of hydrogen-bond donors (Lipinski definition) is 3. The molecule has 9 heteroatoms. The van der Waals surface area contributed by atoms with Gasteiger partial charge in [-0.2, -0.15) is 0 Å². The summed E-state index contributed by atoms with van der Waals surface area (Å²) in [6, 6.07) is 0. The molecule has 1 saturated heterocycles. The number of aliphatic imine (C=N–C) groups is 3. The number of Topliss-reactive ketones (excluding diaryl/α,β-unsaturated/α-hetero) is 1. The summed E-state index contributed by atoms with van der Waals surface area (Å²) < 4.78 is 4.94. The molecule has 3 N–H and O–H groups in total. The molecule has 2 fully saturated rings. The van der Waals surface area contributed by atoms with Crippen molar-refractivity contribution in [2.75, 3.05) is 13.7 Å². The summed E-state index contributed by atoms with van der Waals surface area (Å²) in [6.45, 7) is 7.74. The first-order valence-electron chi connectivity index (χ1n) is 14.3. The summed E-state index contributed by atoms with van der Waals surface area (Å²) in [6.07, 6.45) is 8.39.